The first-order chi connectivity index (χ1) is 8.29. The van der Waals surface area contributed by atoms with Gasteiger partial charge in [-0.05, 0) is 39.1 Å². The number of nitrogens with one attached hydrogen (secondary N) is 1. The Morgan fingerprint density at radius 2 is 2.22 bits per heavy atom. The molecule has 0 saturated carbocycles. The molecule has 2 atom stereocenters. The van der Waals surface area contributed by atoms with E-state index >= 15 is 0 Å². The molecular weight excluding hydrogens is 248 g/mol. The molecule has 0 spiro atoms. The van der Waals surface area contributed by atoms with Crippen molar-refractivity contribution in [1.29, 1.82) is 0 Å². The summed E-state index contributed by atoms with van der Waals surface area (Å²) in [6, 6.07) is 3.28. The van der Waals surface area contributed by atoms with E-state index in [1.54, 1.807) is 11.3 Å². The molecule has 0 unspecified atom stereocenters. The number of thiophene rings is 1. The third-order valence-corrected chi connectivity index (χ3v) is 3.24. The van der Waals surface area contributed by atoms with Gasteiger partial charge in [-0.3, -0.25) is 4.79 Å². The van der Waals surface area contributed by atoms with Crippen LogP contribution in [-0.2, 0) is 16.1 Å². The lowest BCUT2D eigenvalue weighted by Crippen LogP contribution is -2.49. The second-order valence-electron chi connectivity index (χ2n) is 5.26. The first-order valence-electron chi connectivity index (χ1n) is 6.03. The molecule has 3 N–H and O–H groups in total. The summed E-state index contributed by atoms with van der Waals surface area (Å²) in [7, 11) is 0. The first-order valence-corrected chi connectivity index (χ1v) is 6.91. The molecule has 1 amide bonds. The minimum atomic E-state index is -0.649. The summed E-state index contributed by atoms with van der Waals surface area (Å²) in [5.41, 5.74) is 5.57. The van der Waals surface area contributed by atoms with Gasteiger partial charge < -0.3 is 15.8 Å². The van der Waals surface area contributed by atoms with Crippen molar-refractivity contribution in [3.63, 3.8) is 0 Å². The summed E-state index contributed by atoms with van der Waals surface area (Å²) in [6.45, 7) is 8.17. The molecular formula is C13H22N2O2S. The highest BCUT2D eigenvalue weighted by atomic mass is 32.1. The van der Waals surface area contributed by atoms with Gasteiger partial charge in [0, 0.05) is 4.88 Å². The van der Waals surface area contributed by atoms with Crippen molar-refractivity contribution in [3.05, 3.63) is 22.4 Å². The molecule has 5 heteroatoms. The molecule has 1 aromatic rings. The van der Waals surface area contributed by atoms with Gasteiger partial charge in [0.2, 0.25) is 5.91 Å². The molecule has 0 aliphatic rings. The smallest absolute Gasteiger partial charge is 0.239 e. The van der Waals surface area contributed by atoms with E-state index < -0.39 is 6.04 Å². The van der Waals surface area contributed by atoms with Gasteiger partial charge in [0.15, 0.2) is 0 Å². The average molecular weight is 270 g/mol. The Labute approximate surface area is 113 Å². The van der Waals surface area contributed by atoms with E-state index in [1.807, 2.05) is 45.2 Å². The predicted octanol–water partition coefficient (Wildman–Crippen LogP) is 1.90. The summed E-state index contributed by atoms with van der Waals surface area (Å²) in [5.74, 6) is -0.180. The summed E-state index contributed by atoms with van der Waals surface area (Å²) in [5, 5.41) is 4.80. The monoisotopic (exact) mass is 270 g/mol. The quantitative estimate of drug-likeness (QED) is 0.859. The highest BCUT2D eigenvalue weighted by molar-refractivity contribution is 7.09. The fourth-order valence-corrected chi connectivity index (χ4v) is 2.19. The maximum absolute atomic E-state index is 11.9. The normalized spacial score (nSPS) is 15.2. The number of amides is 1. The molecule has 1 heterocycles. The fourth-order valence-electron chi connectivity index (χ4n) is 1.55. The van der Waals surface area contributed by atoms with Crippen LogP contribution in [0.5, 0.6) is 0 Å². The molecule has 0 aliphatic carbocycles. The summed E-state index contributed by atoms with van der Waals surface area (Å²) >= 11 is 1.61. The summed E-state index contributed by atoms with van der Waals surface area (Å²) in [6.07, 6.45) is -0.312. The third-order valence-electron chi connectivity index (χ3n) is 2.36. The number of carbonyl (C=O) groups is 1. The van der Waals surface area contributed by atoms with Gasteiger partial charge in [0.1, 0.15) is 6.04 Å². The van der Waals surface area contributed by atoms with E-state index in [2.05, 4.69) is 5.32 Å². The number of rotatable bonds is 5. The number of ether oxygens (including phenoxy) is 1. The van der Waals surface area contributed by atoms with Crippen molar-refractivity contribution in [2.75, 3.05) is 0 Å². The lowest BCUT2D eigenvalue weighted by molar-refractivity contribution is -0.129. The van der Waals surface area contributed by atoms with Crippen LogP contribution in [-0.4, -0.2) is 23.7 Å². The molecule has 102 valence electrons. The molecule has 0 bridgehead atoms. The van der Waals surface area contributed by atoms with E-state index in [9.17, 15) is 4.79 Å². The zero-order valence-corrected chi connectivity index (χ0v) is 12.2. The van der Waals surface area contributed by atoms with Crippen LogP contribution in [0.3, 0.4) is 0 Å². The topological polar surface area (TPSA) is 64.3 Å². The number of nitrogens with two attached hydrogens (primary N) is 1. The van der Waals surface area contributed by atoms with Crippen LogP contribution in [0.1, 0.15) is 32.6 Å². The number of carbonyl (C=O) groups excluding carboxylic acids is 1. The van der Waals surface area contributed by atoms with E-state index in [1.165, 1.54) is 0 Å². The van der Waals surface area contributed by atoms with Crippen molar-refractivity contribution in [2.45, 2.75) is 52.0 Å². The fraction of sp³-hybridized carbons (Fsp3) is 0.615. The maximum Gasteiger partial charge on any atom is 0.239 e. The van der Waals surface area contributed by atoms with Crippen molar-refractivity contribution in [3.8, 4) is 0 Å². The van der Waals surface area contributed by atoms with Gasteiger partial charge in [0.25, 0.3) is 0 Å². The standard InChI is InChI=1S/C13H22N2O2S/c1-9(17-13(2,3)4)11(14)12(16)15-8-10-6-5-7-18-10/h5-7,9,11H,8,14H2,1-4H3,(H,15,16)/t9-,11+/m1/s1. The Morgan fingerprint density at radius 1 is 1.56 bits per heavy atom. The van der Waals surface area contributed by atoms with Crippen molar-refractivity contribution in [1.82, 2.24) is 5.32 Å². The minimum Gasteiger partial charge on any atom is -0.371 e. The van der Waals surface area contributed by atoms with Gasteiger partial charge in [-0.25, -0.2) is 0 Å². The lowest BCUT2D eigenvalue weighted by Gasteiger charge is -2.28. The van der Waals surface area contributed by atoms with Crippen molar-refractivity contribution >= 4 is 17.2 Å². The van der Waals surface area contributed by atoms with Gasteiger partial charge in [0.05, 0.1) is 18.2 Å². The molecule has 1 rings (SSSR count). The van der Waals surface area contributed by atoms with Crippen LogP contribution in [0, 0.1) is 0 Å². The zero-order valence-electron chi connectivity index (χ0n) is 11.4. The van der Waals surface area contributed by atoms with Gasteiger partial charge >= 0.3 is 0 Å². The molecule has 0 fully saturated rings. The first kappa shape index (κ1) is 15.1. The Balaban J connectivity index is 2.41. The molecule has 1 aromatic heterocycles. The molecule has 0 aliphatic heterocycles. The van der Waals surface area contributed by atoms with E-state index in [0.717, 1.165) is 4.88 Å². The third kappa shape index (κ3) is 5.16. The van der Waals surface area contributed by atoms with Gasteiger partial charge in [-0.1, -0.05) is 6.07 Å². The maximum atomic E-state index is 11.9. The summed E-state index contributed by atoms with van der Waals surface area (Å²) < 4.78 is 5.67. The highest BCUT2D eigenvalue weighted by Crippen LogP contribution is 2.12. The van der Waals surface area contributed by atoms with Crippen LogP contribution in [0.2, 0.25) is 0 Å². The van der Waals surface area contributed by atoms with E-state index in [0.29, 0.717) is 6.54 Å². The molecule has 0 saturated heterocycles. The molecule has 0 aromatic carbocycles. The van der Waals surface area contributed by atoms with Crippen LogP contribution >= 0.6 is 11.3 Å². The number of hydrogen-bond donors (Lipinski definition) is 2. The van der Waals surface area contributed by atoms with Crippen LogP contribution in [0.4, 0.5) is 0 Å². The Kier molecular flexibility index (Phi) is 5.31. The van der Waals surface area contributed by atoms with Gasteiger partial charge in [-0.15, -0.1) is 11.3 Å². The minimum absolute atomic E-state index is 0.180. The van der Waals surface area contributed by atoms with E-state index in [4.69, 9.17) is 10.5 Å². The molecule has 18 heavy (non-hydrogen) atoms. The Hall–Kier alpha value is -0.910. The Bertz CT molecular complexity index is 371. The predicted molar refractivity (Wildman–Crippen MR) is 74.4 cm³/mol. The summed E-state index contributed by atoms with van der Waals surface area (Å²) in [4.78, 5) is 13.0. The number of hydrogen-bond acceptors (Lipinski definition) is 4. The average Bonchev–Trinajstić information content (AvgIpc) is 2.75. The van der Waals surface area contributed by atoms with Crippen LogP contribution in [0.15, 0.2) is 17.5 Å². The van der Waals surface area contributed by atoms with Crippen molar-refractivity contribution < 1.29 is 9.53 Å². The highest BCUT2D eigenvalue weighted by Gasteiger charge is 2.25. The second kappa shape index (κ2) is 6.31. The van der Waals surface area contributed by atoms with E-state index in [-0.39, 0.29) is 17.6 Å². The molecule has 4 nitrogen and oxygen atoms in total. The molecule has 0 radical (unpaired) electrons. The van der Waals surface area contributed by atoms with Crippen LogP contribution in [0.25, 0.3) is 0 Å². The second-order valence-corrected chi connectivity index (χ2v) is 6.29. The largest absolute Gasteiger partial charge is 0.371 e. The van der Waals surface area contributed by atoms with Gasteiger partial charge in [-0.2, -0.15) is 0 Å². The lowest BCUT2D eigenvalue weighted by atomic mass is 10.1. The Morgan fingerprint density at radius 3 is 2.72 bits per heavy atom. The SMILES string of the molecule is C[C@@H](OC(C)(C)C)[C@H](N)C(=O)NCc1cccs1. The van der Waals surface area contributed by atoms with Crippen molar-refractivity contribution in [2.24, 2.45) is 5.73 Å². The zero-order chi connectivity index (χ0) is 13.8. The van der Waals surface area contributed by atoms with Crippen LogP contribution < -0.4 is 11.1 Å².